The van der Waals surface area contributed by atoms with Crippen LogP contribution in [-0.2, 0) is 4.79 Å². The van der Waals surface area contributed by atoms with Crippen molar-refractivity contribution in [1.82, 2.24) is 10.6 Å². The smallest absolute Gasteiger partial charge is 0.251 e. The zero-order chi connectivity index (χ0) is 19.6. The van der Waals surface area contributed by atoms with Crippen LogP contribution in [0.5, 0.6) is 11.5 Å². The van der Waals surface area contributed by atoms with Gasteiger partial charge in [0.25, 0.3) is 5.91 Å². The van der Waals surface area contributed by atoms with E-state index in [9.17, 15) is 9.59 Å². The average Bonchev–Trinajstić information content (AvgIpc) is 2.65. The molecule has 0 heterocycles. The largest absolute Gasteiger partial charge is 0.492 e. The molecule has 7 heteroatoms. The van der Waals surface area contributed by atoms with Crippen LogP contribution in [0.2, 0.25) is 5.02 Å². The van der Waals surface area contributed by atoms with E-state index in [0.717, 1.165) is 0 Å². The van der Waals surface area contributed by atoms with Crippen molar-refractivity contribution in [3.63, 3.8) is 0 Å². The standard InChI is InChI=1S/C20H23ClN2O4/c1-14(2)27-18-7-3-15(4-8-18)20(25)23-13-19(24)22-11-12-26-17-9-5-16(21)6-10-17/h3-10,14H,11-13H2,1-2H3,(H,22,24)(H,23,25). The topological polar surface area (TPSA) is 76.7 Å². The van der Waals surface area contributed by atoms with Gasteiger partial charge in [0.05, 0.1) is 19.2 Å². The Labute approximate surface area is 163 Å². The van der Waals surface area contributed by atoms with Crippen molar-refractivity contribution in [3.8, 4) is 11.5 Å². The predicted molar refractivity (Wildman–Crippen MR) is 104 cm³/mol. The van der Waals surface area contributed by atoms with Gasteiger partial charge in [0.2, 0.25) is 5.91 Å². The first-order valence-electron chi connectivity index (χ1n) is 8.64. The summed E-state index contributed by atoms with van der Waals surface area (Å²) in [5.41, 5.74) is 0.463. The molecule has 2 amide bonds. The van der Waals surface area contributed by atoms with Crippen LogP contribution in [0.3, 0.4) is 0 Å². The second-order valence-electron chi connectivity index (χ2n) is 6.03. The number of carbonyl (C=O) groups is 2. The first-order chi connectivity index (χ1) is 12.9. The minimum absolute atomic E-state index is 0.0667. The molecule has 2 rings (SSSR count). The third-order valence-corrected chi connectivity index (χ3v) is 3.66. The average molecular weight is 391 g/mol. The number of benzene rings is 2. The predicted octanol–water partition coefficient (Wildman–Crippen LogP) is 3.05. The zero-order valence-electron chi connectivity index (χ0n) is 15.3. The van der Waals surface area contributed by atoms with Crippen molar-refractivity contribution < 1.29 is 19.1 Å². The number of hydrogen-bond acceptors (Lipinski definition) is 4. The summed E-state index contributed by atoms with van der Waals surface area (Å²) in [6, 6.07) is 13.7. The van der Waals surface area contributed by atoms with E-state index in [1.165, 1.54) is 0 Å². The van der Waals surface area contributed by atoms with Gasteiger partial charge in [-0.2, -0.15) is 0 Å². The Kier molecular flexibility index (Phi) is 7.95. The molecule has 0 aliphatic carbocycles. The second kappa shape index (κ2) is 10.4. The van der Waals surface area contributed by atoms with Gasteiger partial charge in [0.15, 0.2) is 0 Å². The van der Waals surface area contributed by atoms with E-state index in [1.54, 1.807) is 48.5 Å². The maximum Gasteiger partial charge on any atom is 0.251 e. The minimum Gasteiger partial charge on any atom is -0.492 e. The maximum absolute atomic E-state index is 12.1. The van der Waals surface area contributed by atoms with Crippen molar-refractivity contribution in [3.05, 3.63) is 59.1 Å². The molecule has 2 aromatic rings. The molecule has 6 nitrogen and oxygen atoms in total. The monoisotopic (exact) mass is 390 g/mol. The quantitative estimate of drug-likeness (QED) is 0.645. The van der Waals surface area contributed by atoms with Crippen LogP contribution < -0.4 is 20.1 Å². The Morgan fingerprint density at radius 3 is 2.22 bits per heavy atom. The normalized spacial score (nSPS) is 10.4. The Hall–Kier alpha value is -2.73. The highest BCUT2D eigenvalue weighted by molar-refractivity contribution is 6.30. The van der Waals surface area contributed by atoms with Gasteiger partial charge in [-0.25, -0.2) is 0 Å². The molecule has 0 unspecified atom stereocenters. The third-order valence-electron chi connectivity index (χ3n) is 3.40. The number of amides is 2. The Morgan fingerprint density at radius 1 is 0.963 bits per heavy atom. The summed E-state index contributed by atoms with van der Waals surface area (Å²) in [5, 5.41) is 5.89. The number of nitrogens with one attached hydrogen (secondary N) is 2. The first-order valence-corrected chi connectivity index (χ1v) is 9.02. The van der Waals surface area contributed by atoms with E-state index in [1.807, 2.05) is 13.8 Å². The third kappa shape index (κ3) is 7.58. The first kappa shape index (κ1) is 20.6. The summed E-state index contributed by atoms with van der Waals surface area (Å²) < 4.78 is 11.0. The second-order valence-corrected chi connectivity index (χ2v) is 6.46. The molecular weight excluding hydrogens is 368 g/mol. The Balaban J connectivity index is 1.65. The fraction of sp³-hybridized carbons (Fsp3) is 0.300. The summed E-state index contributed by atoms with van der Waals surface area (Å²) in [5.74, 6) is 0.758. The van der Waals surface area contributed by atoms with Crippen molar-refractivity contribution in [2.45, 2.75) is 20.0 Å². The lowest BCUT2D eigenvalue weighted by Gasteiger charge is -2.10. The van der Waals surface area contributed by atoms with E-state index >= 15 is 0 Å². The van der Waals surface area contributed by atoms with Gasteiger partial charge in [0.1, 0.15) is 18.1 Å². The molecule has 144 valence electrons. The Bertz CT molecular complexity index is 746. The van der Waals surface area contributed by atoms with E-state index in [-0.39, 0.29) is 24.5 Å². The number of ether oxygens (including phenoxy) is 2. The van der Waals surface area contributed by atoms with Crippen molar-refractivity contribution in [2.75, 3.05) is 19.7 Å². The highest BCUT2D eigenvalue weighted by Crippen LogP contribution is 2.15. The fourth-order valence-corrected chi connectivity index (χ4v) is 2.30. The van der Waals surface area contributed by atoms with Crippen LogP contribution in [0.4, 0.5) is 0 Å². The molecule has 0 saturated carbocycles. The molecule has 0 aliphatic rings. The minimum atomic E-state index is -0.321. The lowest BCUT2D eigenvalue weighted by molar-refractivity contribution is -0.120. The molecule has 0 spiro atoms. The molecule has 0 aromatic heterocycles. The molecule has 0 fully saturated rings. The summed E-state index contributed by atoms with van der Waals surface area (Å²) >= 11 is 5.79. The van der Waals surface area contributed by atoms with Gasteiger partial charge in [0, 0.05) is 10.6 Å². The van der Waals surface area contributed by atoms with Crippen molar-refractivity contribution >= 4 is 23.4 Å². The van der Waals surface area contributed by atoms with Crippen LogP contribution >= 0.6 is 11.6 Å². The molecule has 0 aliphatic heterocycles. The van der Waals surface area contributed by atoms with Crippen molar-refractivity contribution in [2.24, 2.45) is 0 Å². The number of halogens is 1. The SMILES string of the molecule is CC(C)Oc1ccc(C(=O)NCC(=O)NCCOc2ccc(Cl)cc2)cc1. The van der Waals surface area contributed by atoms with E-state index in [4.69, 9.17) is 21.1 Å². The molecule has 2 N–H and O–H groups in total. The Morgan fingerprint density at radius 2 is 1.59 bits per heavy atom. The van der Waals surface area contributed by atoms with Gasteiger partial charge in [-0.05, 0) is 62.4 Å². The maximum atomic E-state index is 12.1. The van der Waals surface area contributed by atoms with Gasteiger partial charge in [-0.3, -0.25) is 9.59 Å². The van der Waals surface area contributed by atoms with Crippen molar-refractivity contribution in [1.29, 1.82) is 0 Å². The van der Waals surface area contributed by atoms with Gasteiger partial charge >= 0.3 is 0 Å². The lowest BCUT2D eigenvalue weighted by atomic mass is 10.2. The van der Waals surface area contributed by atoms with Crippen LogP contribution in [0, 0.1) is 0 Å². The molecule has 0 radical (unpaired) electrons. The van der Waals surface area contributed by atoms with Gasteiger partial charge < -0.3 is 20.1 Å². The molecule has 2 aromatic carbocycles. The molecule has 0 atom stereocenters. The zero-order valence-corrected chi connectivity index (χ0v) is 16.1. The number of hydrogen-bond donors (Lipinski definition) is 2. The van der Waals surface area contributed by atoms with Gasteiger partial charge in [-0.1, -0.05) is 11.6 Å². The van der Waals surface area contributed by atoms with Crippen LogP contribution in [-0.4, -0.2) is 37.6 Å². The van der Waals surface area contributed by atoms with Gasteiger partial charge in [-0.15, -0.1) is 0 Å². The molecule has 0 bridgehead atoms. The summed E-state index contributed by atoms with van der Waals surface area (Å²) in [4.78, 5) is 23.8. The summed E-state index contributed by atoms with van der Waals surface area (Å²) in [7, 11) is 0. The highest BCUT2D eigenvalue weighted by Gasteiger charge is 2.08. The highest BCUT2D eigenvalue weighted by atomic mass is 35.5. The molecule has 27 heavy (non-hydrogen) atoms. The van der Waals surface area contributed by atoms with Crippen LogP contribution in [0.15, 0.2) is 48.5 Å². The van der Waals surface area contributed by atoms with Crippen LogP contribution in [0.1, 0.15) is 24.2 Å². The van der Waals surface area contributed by atoms with E-state index < -0.39 is 0 Å². The van der Waals surface area contributed by atoms with E-state index in [2.05, 4.69) is 10.6 Å². The summed E-state index contributed by atoms with van der Waals surface area (Å²) in [6.07, 6.45) is 0.0667. The fourth-order valence-electron chi connectivity index (χ4n) is 2.17. The number of carbonyl (C=O) groups excluding carboxylic acids is 2. The molecule has 0 saturated heterocycles. The summed E-state index contributed by atoms with van der Waals surface area (Å²) in [6.45, 7) is 4.40. The van der Waals surface area contributed by atoms with Crippen LogP contribution in [0.25, 0.3) is 0 Å². The number of rotatable bonds is 9. The molecular formula is C20H23ClN2O4. The van der Waals surface area contributed by atoms with E-state index in [0.29, 0.717) is 35.2 Å². The lowest BCUT2D eigenvalue weighted by Crippen LogP contribution is -2.38.